The molecule has 2 fully saturated rings. The maximum atomic E-state index is 14.7. The minimum Gasteiger partial charge on any atom is -0.444 e. The molecule has 3 aromatic rings. The summed E-state index contributed by atoms with van der Waals surface area (Å²) < 4.78 is 20.2. The van der Waals surface area contributed by atoms with Gasteiger partial charge in [0.05, 0.1) is 16.8 Å². The van der Waals surface area contributed by atoms with Crippen molar-refractivity contribution in [3.05, 3.63) is 65.5 Å². The topological polar surface area (TPSA) is 74.8 Å². The summed E-state index contributed by atoms with van der Waals surface area (Å²) in [5.74, 6) is -0.153. The molecule has 224 valence electrons. The van der Waals surface area contributed by atoms with Crippen LogP contribution >= 0.6 is 0 Å². The lowest BCUT2D eigenvalue weighted by Gasteiger charge is -2.36. The van der Waals surface area contributed by atoms with Gasteiger partial charge in [0.2, 0.25) is 0 Å². The van der Waals surface area contributed by atoms with Crippen LogP contribution in [0.25, 0.3) is 22.2 Å². The van der Waals surface area contributed by atoms with E-state index < -0.39 is 11.4 Å². The highest BCUT2D eigenvalue weighted by molar-refractivity contribution is 6.09. The number of hydrogen-bond acceptors (Lipinski definition) is 5. The summed E-state index contributed by atoms with van der Waals surface area (Å²) in [6, 6.07) is 14.4. The highest BCUT2D eigenvalue weighted by Crippen LogP contribution is 2.33. The predicted octanol–water partition coefficient (Wildman–Crippen LogP) is 6.79. The van der Waals surface area contributed by atoms with Crippen molar-refractivity contribution in [1.29, 1.82) is 0 Å². The molecule has 8 heteroatoms. The number of halogens is 1. The Morgan fingerprint density at radius 3 is 2.38 bits per heavy atom. The number of hydrogen-bond donors (Lipinski definition) is 1. The number of nitrogens with zero attached hydrogens (tertiary/aromatic N) is 3. The van der Waals surface area contributed by atoms with Crippen molar-refractivity contribution in [2.75, 3.05) is 26.2 Å². The van der Waals surface area contributed by atoms with Crippen molar-refractivity contribution >= 4 is 22.9 Å². The Balaban J connectivity index is 1.50. The van der Waals surface area contributed by atoms with E-state index in [0.29, 0.717) is 55.1 Å². The van der Waals surface area contributed by atoms with Gasteiger partial charge in [-0.05, 0) is 64.7 Å². The van der Waals surface area contributed by atoms with E-state index in [1.54, 1.807) is 11.0 Å². The molecule has 2 aromatic carbocycles. The van der Waals surface area contributed by atoms with E-state index >= 15 is 0 Å². The van der Waals surface area contributed by atoms with Crippen LogP contribution in [0.2, 0.25) is 0 Å². The van der Waals surface area contributed by atoms with Gasteiger partial charge in [0.1, 0.15) is 11.4 Å². The molecule has 1 aliphatic carbocycles. The Hall–Kier alpha value is -3.52. The third-order valence-corrected chi connectivity index (χ3v) is 8.44. The molecular weight excluding hydrogens is 531 g/mol. The largest absolute Gasteiger partial charge is 0.444 e. The van der Waals surface area contributed by atoms with Gasteiger partial charge in [0, 0.05) is 55.3 Å². The molecule has 5 rings (SSSR count). The number of aromatic nitrogens is 1. The van der Waals surface area contributed by atoms with E-state index in [1.165, 1.54) is 31.4 Å². The zero-order chi connectivity index (χ0) is 29.9. The number of benzene rings is 2. The van der Waals surface area contributed by atoms with Gasteiger partial charge >= 0.3 is 6.09 Å². The average Bonchev–Trinajstić information content (AvgIpc) is 2.97. The van der Waals surface area contributed by atoms with Gasteiger partial charge in [-0.3, -0.25) is 9.69 Å². The molecule has 0 bridgehead atoms. The van der Waals surface area contributed by atoms with Gasteiger partial charge in [0.15, 0.2) is 0 Å². The Morgan fingerprint density at radius 2 is 1.71 bits per heavy atom. The Morgan fingerprint density at radius 1 is 1.02 bits per heavy atom. The molecule has 1 unspecified atom stereocenters. The van der Waals surface area contributed by atoms with Gasteiger partial charge in [-0.25, -0.2) is 14.2 Å². The third-order valence-electron chi connectivity index (χ3n) is 8.44. The van der Waals surface area contributed by atoms with Crippen molar-refractivity contribution in [3.8, 4) is 11.3 Å². The second kappa shape index (κ2) is 12.8. The molecule has 42 heavy (non-hydrogen) atoms. The zero-order valence-electron chi connectivity index (χ0n) is 25.3. The molecule has 1 N–H and O–H groups in total. The van der Waals surface area contributed by atoms with Crippen LogP contribution in [0.4, 0.5) is 9.18 Å². The van der Waals surface area contributed by atoms with E-state index in [0.717, 1.165) is 29.7 Å². The van der Waals surface area contributed by atoms with Gasteiger partial charge < -0.3 is 15.0 Å². The van der Waals surface area contributed by atoms with Crippen LogP contribution in [0.5, 0.6) is 0 Å². The number of piperazine rings is 1. The van der Waals surface area contributed by atoms with Crippen molar-refractivity contribution < 1.29 is 18.7 Å². The first-order chi connectivity index (χ1) is 20.1. The minimum atomic E-state index is -0.554. The fourth-order valence-corrected chi connectivity index (χ4v) is 6.19. The van der Waals surface area contributed by atoms with Crippen molar-refractivity contribution in [2.24, 2.45) is 5.92 Å². The molecule has 1 aromatic heterocycles. The number of nitrogens with one attached hydrogen (secondary N) is 1. The Bertz CT molecular complexity index is 1410. The van der Waals surface area contributed by atoms with Gasteiger partial charge in [0.25, 0.3) is 5.91 Å². The highest BCUT2D eigenvalue weighted by Gasteiger charge is 2.30. The van der Waals surface area contributed by atoms with Crippen molar-refractivity contribution in [2.45, 2.75) is 78.0 Å². The van der Waals surface area contributed by atoms with Crippen LogP contribution in [-0.2, 0) is 11.3 Å². The Kier molecular flexibility index (Phi) is 9.11. The number of carbonyl (C=O) groups is 2. The summed E-state index contributed by atoms with van der Waals surface area (Å²) in [6.45, 7) is 10.4. The average molecular weight is 575 g/mol. The van der Waals surface area contributed by atoms with E-state index in [2.05, 4.69) is 17.1 Å². The van der Waals surface area contributed by atoms with Crippen LogP contribution in [0.3, 0.4) is 0 Å². The highest BCUT2D eigenvalue weighted by atomic mass is 19.1. The first kappa shape index (κ1) is 30.0. The normalized spacial score (nSPS) is 17.7. The summed E-state index contributed by atoms with van der Waals surface area (Å²) in [6.07, 6.45) is 5.53. The minimum absolute atomic E-state index is 0.0139. The van der Waals surface area contributed by atoms with Crippen LogP contribution in [0.15, 0.2) is 48.5 Å². The molecular formula is C34H43FN4O3. The molecule has 1 saturated carbocycles. The van der Waals surface area contributed by atoms with Crippen LogP contribution in [-0.4, -0.2) is 64.6 Å². The summed E-state index contributed by atoms with van der Waals surface area (Å²) in [4.78, 5) is 35.8. The smallest absolute Gasteiger partial charge is 0.410 e. The van der Waals surface area contributed by atoms with Crippen molar-refractivity contribution in [1.82, 2.24) is 20.1 Å². The first-order valence-electron chi connectivity index (χ1n) is 15.3. The lowest BCUT2D eigenvalue weighted by Crippen LogP contribution is -2.49. The SMILES string of the molecule is CC(NC(=O)c1c(CN2CCN(C(=O)OC(C)(C)C)CC2)c(-c2ccccc2)nc2ccc(F)cc12)C1CCCCC1. The second-order valence-electron chi connectivity index (χ2n) is 12.7. The predicted molar refractivity (Wildman–Crippen MR) is 164 cm³/mol. The summed E-state index contributed by atoms with van der Waals surface area (Å²) in [5.41, 5.74) is 2.92. The molecule has 0 spiro atoms. The summed E-state index contributed by atoms with van der Waals surface area (Å²) in [7, 11) is 0. The lowest BCUT2D eigenvalue weighted by atomic mass is 9.84. The van der Waals surface area contributed by atoms with Gasteiger partial charge in [-0.15, -0.1) is 0 Å². The Labute approximate surface area is 248 Å². The molecule has 1 aliphatic heterocycles. The van der Waals surface area contributed by atoms with Gasteiger partial charge in [-0.2, -0.15) is 0 Å². The molecule has 7 nitrogen and oxygen atoms in total. The summed E-state index contributed by atoms with van der Waals surface area (Å²) >= 11 is 0. The standard InChI is InChI=1S/C34H43FN4O3/c1-23(24-11-7-5-8-12-24)36-32(40)30-27-21-26(35)15-16-29(27)37-31(25-13-9-6-10-14-25)28(30)22-38-17-19-39(20-18-38)33(41)42-34(2,3)4/h6,9-10,13-16,21,23-24H,5,7-8,11-12,17-20,22H2,1-4H3,(H,36,40). The van der Waals surface area contributed by atoms with Crippen molar-refractivity contribution in [3.63, 3.8) is 0 Å². The van der Waals surface area contributed by atoms with Crippen LogP contribution in [0, 0.1) is 11.7 Å². The second-order valence-corrected chi connectivity index (χ2v) is 12.7. The molecule has 2 aliphatic rings. The lowest BCUT2D eigenvalue weighted by molar-refractivity contribution is 0.0139. The first-order valence-corrected chi connectivity index (χ1v) is 15.3. The molecule has 0 radical (unpaired) electrons. The van der Waals surface area contributed by atoms with E-state index in [-0.39, 0.29) is 18.0 Å². The number of ether oxygens (including phenoxy) is 1. The van der Waals surface area contributed by atoms with Gasteiger partial charge in [-0.1, -0.05) is 49.6 Å². The summed E-state index contributed by atoms with van der Waals surface area (Å²) in [5, 5.41) is 3.82. The maximum Gasteiger partial charge on any atom is 0.410 e. The molecule has 1 saturated heterocycles. The van der Waals surface area contributed by atoms with Crippen LogP contribution < -0.4 is 5.32 Å². The number of rotatable bonds is 6. The van der Waals surface area contributed by atoms with E-state index in [1.807, 2.05) is 51.1 Å². The number of pyridine rings is 1. The van der Waals surface area contributed by atoms with E-state index in [4.69, 9.17) is 9.72 Å². The number of carbonyl (C=O) groups excluding carboxylic acids is 2. The molecule has 2 amide bonds. The zero-order valence-corrected chi connectivity index (χ0v) is 25.3. The third kappa shape index (κ3) is 7.09. The van der Waals surface area contributed by atoms with E-state index in [9.17, 15) is 14.0 Å². The quantitative estimate of drug-likeness (QED) is 0.351. The number of fused-ring (bicyclic) bond motifs is 1. The molecule has 2 heterocycles. The fraction of sp³-hybridized carbons (Fsp3) is 0.500. The molecule has 1 atom stereocenters. The maximum absolute atomic E-state index is 14.7. The fourth-order valence-electron chi connectivity index (χ4n) is 6.19. The van der Waals surface area contributed by atoms with Crippen LogP contribution in [0.1, 0.15) is 75.7 Å². The number of amides is 2. The monoisotopic (exact) mass is 574 g/mol.